The zero-order valence-corrected chi connectivity index (χ0v) is 20.2. The molecule has 0 aliphatic carbocycles. The third-order valence-electron chi connectivity index (χ3n) is 6.49. The normalized spacial score (nSPS) is 15.0. The number of ether oxygens (including phenoxy) is 1. The number of carboxylic acids is 1. The highest BCUT2D eigenvalue weighted by atomic mass is 16.5. The second-order valence-corrected chi connectivity index (χ2v) is 8.79. The maximum absolute atomic E-state index is 13.5. The Morgan fingerprint density at radius 2 is 1.68 bits per heavy atom. The lowest BCUT2D eigenvalue weighted by molar-refractivity contribution is -0.141. The lowest BCUT2D eigenvalue weighted by Gasteiger charge is -2.22. The predicted octanol–water partition coefficient (Wildman–Crippen LogP) is 4.75. The first-order chi connectivity index (χ1) is 18.0. The van der Waals surface area contributed by atoms with Crippen molar-refractivity contribution in [3.8, 4) is 16.9 Å². The number of aromatic nitrogens is 1. The minimum absolute atomic E-state index is 0.196. The van der Waals surface area contributed by atoms with Crippen molar-refractivity contribution < 1.29 is 19.4 Å². The first kappa shape index (κ1) is 24.0. The van der Waals surface area contributed by atoms with Crippen LogP contribution in [0.3, 0.4) is 0 Å². The second-order valence-electron chi connectivity index (χ2n) is 8.79. The summed E-state index contributed by atoms with van der Waals surface area (Å²) >= 11 is 0. The van der Waals surface area contributed by atoms with Crippen LogP contribution in [0.2, 0.25) is 0 Å². The number of carbonyl (C=O) groups excluding carboxylic acids is 1. The van der Waals surface area contributed by atoms with E-state index in [1.165, 1.54) is 5.01 Å². The summed E-state index contributed by atoms with van der Waals surface area (Å²) in [5.74, 6) is -0.809. The Labute approximate surface area is 212 Å². The van der Waals surface area contributed by atoms with Gasteiger partial charge in [-0.15, -0.1) is 0 Å². The van der Waals surface area contributed by atoms with Crippen LogP contribution in [0.25, 0.3) is 22.0 Å². The summed E-state index contributed by atoms with van der Waals surface area (Å²) in [4.78, 5) is 40.7. The number of hydrogen-bond acceptors (Lipinski definition) is 5. The number of hydrogen-bond donors (Lipinski definition) is 2. The van der Waals surface area contributed by atoms with Gasteiger partial charge in [0, 0.05) is 29.3 Å². The molecular formula is C29H25N3O5. The molecule has 8 heteroatoms. The molecule has 0 fully saturated rings. The number of carbonyl (C=O) groups is 2. The molecule has 1 aromatic heterocycles. The van der Waals surface area contributed by atoms with Crippen molar-refractivity contribution in [2.24, 2.45) is 5.10 Å². The van der Waals surface area contributed by atoms with Gasteiger partial charge in [-0.05, 0) is 29.3 Å². The van der Waals surface area contributed by atoms with E-state index in [-0.39, 0.29) is 18.4 Å². The quantitative estimate of drug-likeness (QED) is 0.384. The lowest BCUT2D eigenvalue weighted by atomic mass is 9.91. The van der Waals surface area contributed by atoms with Crippen molar-refractivity contribution in [3.05, 3.63) is 100 Å². The Morgan fingerprint density at radius 1 is 0.973 bits per heavy atom. The molecule has 0 saturated heterocycles. The number of aromatic amines is 1. The third-order valence-corrected chi connectivity index (χ3v) is 6.49. The number of fused-ring (bicyclic) bond motifs is 1. The number of hydrazone groups is 1. The van der Waals surface area contributed by atoms with Crippen molar-refractivity contribution in [2.45, 2.75) is 25.3 Å². The second kappa shape index (κ2) is 10.1. The van der Waals surface area contributed by atoms with Crippen LogP contribution >= 0.6 is 0 Å². The molecule has 37 heavy (non-hydrogen) atoms. The molecule has 0 saturated carbocycles. The fourth-order valence-electron chi connectivity index (χ4n) is 4.73. The summed E-state index contributed by atoms with van der Waals surface area (Å²) in [5, 5.41) is 15.9. The van der Waals surface area contributed by atoms with E-state index in [9.17, 15) is 14.4 Å². The average Bonchev–Trinajstić information content (AvgIpc) is 3.36. The summed E-state index contributed by atoms with van der Waals surface area (Å²) in [6, 6.07) is 24.0. The molecule has 2 heterocycles. The van der Waals surface area contributed by atoms with E-state index >= 15 is 0 Å². The van der Waals surface area contributed by atoms with Crippen LogP contribution in [-0.2, 0) is 9.59 Å². The highest BCUT2D eigenvalue weighted by Crippen LogP contribution is 2.37. The molecule has 4 aromatic rings. The van der Waals surface area contributed by atoms with Crippen LogP contribution in [0.4, 0.5) is 0 Å². The van der Waals surface area contributed by atoms with E-state index in [4.69, 9.17) is 9.84 Å². The van der Waals surface area contributed by atoms with Crippen molar-refractivity contribution in [3.63, 3.8) is 0 Å². The van der Waals surface area contributed by atoms with Crippen LogP contribution in [0.1, 0.15) is 36.4 Å². The molecule has 8 nitrogen and oxygen atoms in total. The topological polar surface area (TPSA) is 112 Å². The summed E-state index contributed by atoms with van der Waals surface area (Å²) < 4.78 is 5.26. The largest absolute Gasteiger partial charge is 0.497 e. The number of para-hydroxylation sites is 1. The van der Waals surface area contributed by atoms with Gasteiger partial charge >= 0.3 is 5.97 Å². The van der Waals surface area contributed by atoms with Crippen molar-refractivity contribution >= 4 is 28.5 Å². The van der Waals surface area contributed by atoms with Gasteiger partial charge in [-0.3, -0.25) is 14.4 Å². The zero-order chi connectivity index (χ0) is 25.9. The Morgan fingerprint density at radius 3 is 2.38 bits per heavy atom. The number of carboxylic acid groups (broad SMARTS) is 1. The van der Waals surface area contributed by atoms with Crippen molar-refractivity contribution in [1.82, 2.24) is 9.99 Å². The summed E-state index contributed by atoms with van der Waals surface area (Å²) in [6.45, 7) is 0. The number of nitrogens with one attached hydrogen (secondary N) is 1. The van der Waals surface area contributed by atoms with Gasteiger partial charge in [-0.1, -0.05) is 60.7 Å². The molecule has 1 aliphatic heterocycles. The van der Waals surface area contributed by atoms with E-state index < -0.39 is 17.9 Å². The standard InChI is InChI=1S/C29H25N3O5/c1-37-20-13-11-18(12-14-20)24-17-23(31-32(24)25(33)15-16-26(34)35)28-27(19-7-3-2-4-8-19)21-9-5-6-10-22(21)30-29(28)36/h2-14,24H,15-17H2,1H3,(H,30,36)(H,34,35). The van der Waals surface area contributed by atoms with E-state index in [1.807, 2.05) is 66.7 Å². The lowest BCUT2D eigenvalue weighted by Crippen LogP contribution is -2.27. The van der Waals surface area contributed by atoms with Crippen LogP contribution in [0.15, 0.2) is 88.8 Å². The van der Waals surface area contributed by atoms with Gasteiger partial charge in [-0.25, -0.2) is 5.01 Å². The maximum Gasteiger partial charge on any atom is 0.303 e. The Balaban J connectivity index is 1.66. The van der Waals surface area contributed by atoms with Crippen LogP contribution in [0, 0.1) is 0 Å². The van der Waals surface area contributed by atoms with Gasteiger partial charge in [0.25, 0.3) is 5.56 Å². The number of methoxy groups -OCH3 is 1. The van der Waals surface area contributed by atoms with Gasteiger partial charge < -0.3 is 14.8 Å². The smallest absolute Gasteiger partial charge is 0.303 e. The SMILES string of the molecule is COc1ccc(C2CC(c3c(-c4ccccc4)c4ccccc4[nH]c3=O)=NN2C(=O)CCC(=O)O)cc1. The van der Waals surface area contributed by atoms with Gasteiger partial charge in [0.1, 0.15) is 5.75 Å². The zero-order valence-electron chi connectivity index (χ0n) is 20.2. The van der Waals surface area contributed by atoms with E-state index in [1.54, 1.807) is 19.2 Å². The first-order valence-electron chi connectivity index (χ1n) is 11.9. The fraction of sp³-hybridized carbons (Fsp3) is 0.172. The maximum atomic E-state index is 13.5. The minimum Gasteiger partial charge on any atom is -0.497 e. The number of H-pyrrole nitrogens is 1. The van der Waals surface area contributed by atoms with Gasteiger partial charge in [0.05, 0.1) is 30.8 Å². The Kier molecular flexibility index (Phi) is 6.55. The van der Waals surface area contributed by atoms with E-state index in [0.29, 0.717) is 29.0 Å². The highest BCUT2D eigenvalue weighted by molar-refractivity contribution is 6.12. The van der Waals surface area contributed by atoms with Crippen molar-refractivity contribution in [2.75, 3.05) is 7.11 Å². The molecule has 1 atom stereocenters. The Bertz CT molecular complexity index is 1560. The Hall–Kier alpha value is -4.72. The summed E-state index contributed by atoms with van der Waals surface area (Å²) in [6.07, 6.45) is -0.202. The van der Waals surface area contributed by atoms with Crippen LogP contribution in [-0.4, -0.2) is 39.8 Å². The van der Waals surface area contributed by atoms with Gasteiger partial charge in [-0.2, -0.15) is 5.10 Å². The third kappa shape index (κ3) is 4.73. The molecule has 186 valence electrons. The minimum atomic E-state index is -1.06. The van der Waals surface area contributed by atoms with E-state index in [0.717, 1.165) is 22.1 Å². The van der Waals surface area contributed by atoms with Gasteiger partial charge in [0.15, 0.2) is 0 Å². The molecule has 1 amide bonds. The summed E-state index contributed by atoms with van der Waals surface area (Å²) in [7, 11) is 1.57. The molecule has 2 N–H and O–H groups in total. The average molecular weight is 496 g/mol. The fourth-order valence-corrected chi connectivity index (χ4v) is 4.73. The first-order valence-corrected chi connectivity index (χ1v) is 11.9. The molecule has 3 aromatic carbocycles. The highest BCUT2D eigenvalue weighted by Gasteiger charge is 2.35. The molecule has 0 spiro atoms. The molecule has 5 rings (SSSR count). The number of rotatable bonds is 7. The number of aliphatic carboxylic acids is 1. The van der Waals surface area contributed by atoms with Crippen LogP contribution in [0.5, 0.6) is 5.75 Å². The molecule has 0 bridgehead atoms. The monoisotopic (exact) mass is 495 g/mol. The predicted molar refractivity (Wildman–Crippen MR) is 141 cm³/mol. The molecule has 1 aliphatic rings. The molecular weight excluding hydrogens is 470 g/mol. The summed E-state index contributed by atoms with van der Waals surface area (Å²) in [5.41, 5.74) is 3.68. The number of nitrogens with zero attached hydrogens (tertiary/aromatic N) is 2. The van der Waals surface area contributed by atoms with Crippen molar-refractivity contribution in [1.29, 1.82) is 0 Å². The molecule has 1 unspecified atom stereocenters. The van der Waals surface area contributed by atoms with Gasteiger partial charge in [0.2, 0.25) is 5.91 Å². The molecule has 0 radical (unpaired) electrons. The number of benzene rings is 3. The number of pyridine rings is 1. The number of amides is 1. The van der Waals surface area contributed by atoms with Crippen LogP contribution < -0.4 is 10.3 Å². The van der Waals surface area contributed by atoms with E-state index in [2.05, 4.69) is 10.1 Å².